The number of rotatable bonds is 5. The van der Waals surface area contributed by atoms with Gasteiger partial charge in [-0.1, -0.05) is 18.5 Å². The summed E-state index contributed by atoms with van der Waals surface area (Å²) in [4.78, 5) is 22.4. The number of amides is 1. The van der Waals surface area contributed by atoms with E-state index < -0.39 is 5.97 Å². The van der Waals surface area contributed by atoms with E-state index in [1.54, 1.807) is 6.07 Å². The summed E-state index contributed by atoms with van der Waals surface area (Å²) in [6, 6.07) is 4.10. The molecule has 0 aromatic heterocycles. The summed E-state index contributed by atoms with van der Waals surface area (Å²) in [6.07, 6.45) is 0.899. The van der Waals surface area contributed by atoms with Crippen molar-refractivity contribution in [2.45, 2.75) is 25.8 Å². The number of carboxylic acids is 1. The first-order valence-corrected chi connectivity index (χ1v) is 5.90. The number of aromatic carboxylic acids is 1. The Bertz CT molecular complexity index is 463. The van der Waals surface area contributed by atoms with Gasteiger partial charge in [0, 0.05) is 18.2 Å². The van der Waals surface area contributed by atoms with E-state index in [2.05, 4.69) is 5.32 Å². The van der Waals surface area contributed by atoms with Crippen LogP contribution in [0.15, 0.2) is 18.2 Å². The van der Waals surface area contributed by atoms with Crippen molar-refractivity contribution in [2.24, 2.45) is 5.73 Å². The van der Waals surface area contributed by atoms with Gasteiger partial charge in [0.15, 0.2) is 0 Å². The second-order valence-electron chi connectivity index (χ2n) is 3.92. The van der Waals surface area contributed by atoms with Gasteiger partial charge in [-0.05, 0) is 24.6 Å². The third-order valence-corrected chi connectivity index (χ3v) is 2.78. The zero-order chi connectivity index (χ0) is 13.7. The highest BCUT2D eigenvalue weighted by Gasteiger charge is 2.12. The van der Waals surface area contributed by atoms with Crippen molar-refractivity contribution >= 4 is 29.2 Å². The van der Waals surface area contributed by atoms with E-state index in [4.69, 9.17) is 22.4 Å². The molecular formula is C12H15ClN2O3. The van der Waals surface area contributed by atoms with Crippen LogP contribution < -0.4 is 11.1 Å². The minimum Gasteiger partial charge on any atom is -0.478 e. The van der Waals surface area contributed by atoms with E-state index in [0.717, 1.165) is 0 Å². The molecule has 0 radical (unpaired) electrons. The Morgan fingerprint density at radius 2 is 2.17 bits per heavy atom. The Morgan fingerprint density at radius 3 is 2.72 bits per heavy atom. The lowest BCUT2D eigenvalue weighted by Crippen LogP contribution is -2.26. The van der Waals surface area contributed by atoms with Gasteiger partial charge < -0.3 is 16.2 Å². The van der Waals surface area contributed by atoms with Crippen molar-refractivity contribution in [3.05, 3.63) is 28.8 Å². The summed E-state index contributed by atoms with van der Waals surface area (Å²) in [6.45, 7) is 1.89. The summed E-state index contributed by atoms with van der Waals surface area (Å²) in [5, 5.41) is 11.6. The minimum atomic E-state index is -1.14. The van der Waals surface area contributed by atoms with Gasteiger partial charge in [-0.3, -0.25) is 4.79 Å². The molecule has 0 aliphatic heterocycles. The third kappa shape index (κ3) is 4.01. The second kappa shape index (κ2) is 6.37. The Balaban J connectivity index is 2.76. The first-order chi connectivity index (χ1) is 8.43. The van der Waals surface area contributed by atoms with Crippen molar-refractivity contribution in [1.82, 2.24) is 0 Å². The van der Waals surface area contributed by atoms with Crippen LogP contribution in [0, 0.1) is 0 Å². The number of carboxylic acid groups (broad SMARTS) is 1. The van der Waals surface area contributed by atoms with Gasteiger partial charge in [0.1, 0.15) is 0 Å². The smallest absolute Gasteiger partial charge is 0.337 e. The molecule has 0 fully saturated rings. The summed E-state index contributed by atoms with van der Waals surface area (Å²) in [5.74, 6) is -1.38. The van der Waals surface area contributed by atoms with E-state index in [1.165, 1.54) is 12.1 Å². The number of hydrogen-bond donors (Lipinski definition) is 3. The van der Waals surface area contributed by atoms with Crippen LogP contribution in [0.5, 0.6) is 0 Å². The predicted octanol–water partition coefficient (Wildman–Crippen LogP) is 2.10. The molecule has 0 aliphatic rings. The standard InChI is InChI=1S/C12H15ClN2O3/c1-2-7(14)5-11(16)15-8-3-4-10(13)9(6-8)12(17)18/h3-4,6-7H,2,5,14H2,1H3,(H,15,16)(H,17,18). The molecule has 0 bridgehead atoms. The Hall–Kier alpha value is -1.59. The van der Waals surface area contributed by atoms with E-state index in [9.17, 15) is 9.59 Å². The van der Waals surface area contributed by atoms with Crippen molar-refractivity contribution in [1.29, 1.82) is 0 Å². The molecule has 4 N–H and O–H groups in total. The highest BCUT2D eigenvalue weighted by molar-refractivity contribution is 6.33. The van der Waals surface area contributed by atoms with Crippen LogP contribution in [0.2, 0.25) is 5.02 Å². The fourth-order valence-electron chi connectivity index (χ4n) is 1.36. The van der Waals surface area contributed by atoms with Crippen LogP contribution in [-0.4, -0.2) is 23.0 Å². The number of halogens is 1. The highest BCUT2D eigenvalue weighted by Crippen LogP contribution is 2.20. The van der Waals surface area contributed by atoms with Gasteiger partial charge in [-0.2, -0.15) is 0 Å². The average Bonchev–Trinajstić information content (AvgIpc) is 2.31. The summed E-state index contributed by atoms with van der Waals surface area (Å²) < 4.78 is 0. The number of nitrogens with two attached hydrogens (primary N) is 1. The van der Waals surface area contributed by atoms with E-state index in [-0.39, 0.29) is 29.0 Å². The molecule has 0 spiro atoms. The molecule has 1 unspecified atom stereocenters. The van der Waals surface area contributed by atoms with E-state index in [0.29, 0.717) is 12.1 Å². The van der Waals surface area contributed by atoms with Crippen molar-refractivity contribution in [3.63, 3.8) is 0 Å². The third-order valence-electron chi connectivity index (χ3n) is 2.45. The SMILES string of the molecule is CCC(N)CC(=O)Nc1ccc(Cl)c(C(=O)O)c1. The lowest BCUT2D eigenvalue weighted by Gasteiger charge is -2.10. The van der Waals surface area contributed by atoms with Crippen LogP contribution in [-0.2, 0) is 4.79 Å². The number of carbonyl (C=O) groups excluding carboxylic acids is 1. The number of carbonyl (C=O) groups is 2. The molecule has 0 saturated heterocycles. The van der Waals surface area contributed by atoms with Gasteiger partial charge in [-0.25, -0.2) is 4.79 Å². The van der Waals surface area contributed by atoms with Crippen LogP contribution >= 0.6 is 11.6 Å². The number of anilines is 1. The highest BCUT2D eigenvalue weighted by atomic mass is 35.5. The largest absolute Gasteiger partial charge is 0.478 e. The quantitative estimate of drug-likeness (QED) is 0.764. The van der Waals surface area contributed by atoms with Crippen LogP contribution in [0.3, 0.4) is 0 Å². The molecule has 5 nitrogen and oxygen atoms in total. The van der Waals surface area contributed by atoms with Crippen LogP contribution in [0.1, 0.15) is 30.1 Å². The number of nitrogens with one attached hydrogen (secondary N) is 1. The van der Waals surface area contributed by atoms with Gasteiger partial charge >= 0.3 is 5.97 Å². The Kier molecular flexibility index (Phi) is 5.12. The number of benzene rings is 1. The van der Waals surface area contributed by atoms with Crippen molar-refractivity contribution < 1.29 is 14.7 Å². The monoisotopic (exact) mass is 270 g/mol. The van der Waals surface area contributed by atoms with Gasteiger partial charge in [0.2, 0.25) is 5.91 Å². The molecule has 1 amide bonds. The molecule has 0 heterocycles. The molecule has 6 heteroatoms. The van der Waals surface area contributed by atoms with E-state index in [1.807, 2.05) is 6.92 Å². The lowest BCUT2D eigenvalue weighted by molar-refractivity contribution is -0.116. The van der Waals surface area contributed by atoms with Gasteiger partial charge in [0.25, 0.3) is 0 Å². The van der Waals surface area contributed by atoms with Crippen molar-refractivity contribution in [3.8, 4) is 0 Å². The fourth-order valence-corrected chi connectivity index (χ4v) is 1.56. The Morgan fingerprint density at radius 1 is 1.50 bits per heavy atom. The lowest BCUT2D eigenvalue weighted by atomic mass is 10.1. The number of hydrogen-bond acceptors (Lipinski definition) is 3. The molecule has 1 atom stereocenters. The van der Waals surface area contributed by atoms with Crippen LogP contribution in [0.25, 0.3) is 0 Å². The zero-order valence-electron chi connectivity index (χ0n) is 9.94. The minimum absolute atomic E-state index is 0.0470. The summed E-state index contributed by atoms with van der Waals surface area (Å²) in [5.41, 5.74) is 6.00. The summed E-state index contributed by atoms with van der Waals surface area (Å²) in [7, 11) is 0. The molecule has 18 heavy (non-hydrogen) atoms. The second-order valence-corrected chi connectivity index (χ2v) is 4.33. The van der Waals surface area contributed by atoms with Gasteiger partial charge in [0.05, 0.1) is 10.6 Å². The van der Waals surface area contributed by atoms with E-state index >= 15 is 0 Å². The van der Waals surface area contributed by atoms with Crippen LogP contribution in [0.4, 0.5) is 5.69 Å². The molecule has 0 saturated carbocycles. The maximum absolute atomic E-state index is 11.6. The molecule has 98 valence electrons. The zero-order valence-corrected chi connectivity index (χ0v) is 10.7. The fraction of sp³-hybridized carbons (Fsp3) is 0.333. The first kappa shape index (κ1) is 14.5. The Labute approximate surface area is 110 Å². The molecule has 1 aromatic rings. The topological polar surface area (TPSA) is 92.4 Å². The molecule has 1 aromatic carbocycles. The molecule has 1 rings (SSSR count). The average molecular weight is 271 g/mol. The van der Waals surface area contributed by atoms with Gasteiger partial charge in [-0.15, -0.1) is 0 Å². The molecular weight excluding hydrogens is 256 g/mol. The predicted molar refractivity (Wildman–Crippen MR) is 69.9 cm³/mol. The summed E-state index contributed by atoms with van der Waals surface area (Å²) >= 11 is 5.72. The molecule has 0 aliphatic carbocycles. The maximum Gasteiger partial charge on any atom is 0.337 e. The van der Waals surface area contributed by atoms with Crippen molar-refractivity contribution in [2.75, 3.05) is 5.32 Å². The first-order valence-electron chi connectivity index (χ1n) is 5.52. The normalized spacial score (nSPS) is 11.9. The maximum atomic E-state index is 11.6.